The van der Waals surface area contributed by atoms with E-state index in [0.29, 0.717) is 0 Å². The van der Waals surface area contributed by atoms with Gasteiger partial charge in [0.2, 0.25) is 0 Å². The molecule has 2 saturated carbocycles. The second kappa shape index (κ2) is 5.66. The fourth-order valence-corrected chi connectivity index (χ4v) is 3.97. The van der Waals surface area contributed by atoms with Crippen molar-refractivity contribution >= 4 is 0 Å². The third-order valence-corrected chi connectivity index (χ3v) is 5.44. The first kappa shape index (κ1) is 13.2. The molecule has 0 bridgehead atoms. The van der Waals surface area contributed by atoms with Crippen molar-refractivity contribution in [2.75, 3.05) is 6.54 Å². The molecule has 0 heterocycles. The summed E-state index contributed by atoms with van der Waals surface area (Å²) in [4.78, 5) is 0. The van der Waals surface area contributed by atoms with Crippen molar-refractivity contribution in [2.45, 2.75) is 63.8 Å². The second-order valence-corrected chi connectivity index (χ2v) is 6.51. The molecule has 1 aromatic rings. The van der Waals surface area contributed by atoms with Gasteiger partial charge in [-0.2, -0.15) is 0 Å². The molecule has 2 aliphatic rings. The highest BCUT2D eigenvalue weighted by atomic mass is 14.9. The van der Waals surface area contributed by atoms with Gasteiger partial charge >= 0.3 is 0 Å². The Hall–Kier alpha value is -0.820. The van der Waals surface area contributed by atoms with E-state index in [2.05, 4.69) is 43.4 Å². The molecule has 0 amide bonds. The fraction of sp³-hybridized carbons (Fsp3) is 0.667. The van der Waals surface area contributed by atoms with Gasteiger partial charge < -0.3 is 5.32 Å². The fourth-order valence-electron chi connectivity index (χ4n) is 3.97. The normalized spacial score (nSPS) is 31.4. The lowest BCUT2D eigenvalue weighted by atomic mass is 9.78. The van der Waals surface area contributed by atoms with E-state index >= 15 is 0 Å². The number of hydrogen-bond acceptors (Lipinski definition) is 1. The lowest BCUT2D eigenvalue weighted by molar-refractivity contribution is 0.408. The minimum absolute atomic E-state index is 0.724. The molecule has 3 rings (SSSR count). The van der Waals surface area contributed by atoms with Crippen molar-refractivity contribution in [3.8, 4) is 0 Å². The topological polar surface area (TPSA) is 12.0 Å². The standard InChI is InChI=1S/C18H27N/c1-3-19-18-11-10-17(13(18)2)16-9-5-8-15(12-16)14-6-4-7-14/h5,8-9,12-14,17-19H,3-4,6-7,10-11H2,1-2H3. The number of rotatable bonds is 4. The maximum Gasteiger partial charge on any atom is 0.00986 e. The van der Waals surface area contributed by atoms with Gasteiger partial charge in [-0.05, 0) is 61.1 Å². The van der Waals surface area contributed by atoms with Crippen LogP contribution in [0.1, 0.15) is 68.9 Å². The van der Waals surface area contributed by atoms with Crippen molar-refractivity contribution in [1.29, 1.82) is 0 Å². The first-order chi connectivity index (χ1) is 9.29. The molecular formula is C18H27N. The van der Waals surface area contributed by atoms with Gasteiger partial charge in [0.1, 0.15) is 0 Å². The van der Waals surface area contributed by atoms with Gasteiger partial charge in [-0.25, -0.2) is 0 Å². The Kier molecular flexibility index (Phi) is 3.93. The van der Waals surface area contributed by atoms with Crippen LogP contribution < -0.4 is 5.32 Å². The lowest BCUT2D eigenvalue weighted by Crippen LogP contribution is -2.32. The molecule has 3 unspecified atom stereocenters. The van der Waals surface area contributed by atoms with E-state index in [0.717, 1.165) is 30.3 Å². The van der Waals surface area contributed by atoms with Gasteiger partial charge in [0, 0.05) is 6.04 Å². The SMILES string of the molecule is CCNC1CCC(c2cccc(C3CCC3)c2)C1C. The molecular weight excluding hydrogens is 230 g/mol. The van der Waals surface area contributed by atoms with Crippen molar-refractivity contribution < 1.29 is 0 Å². The van der Waals surface area contributed by atoms with Crippen LogP contribution in [0.15, 0.2) is 24.3 Å². The third kappa shape index (κ3) is 2.58. The van der Waals surface area contributed by atoms with E-state index in [1.165, 1.54) is 32.1 Å². The smallest absolute Gasteiger partial charge is 0.00986 e. The summed E-state index contributed by atoms with van der Waals surface area (Å²) >= 11 is 0. The first-order valence-corrected chi connectivity index (χ1v) is 8.13. The van der Waals surface area contributed by atoms with Gasteiger partial charge in [0.05, 0.1) is 0 Å². The molecule has 104 valence electrons. The number of benzene rings is 1. The van der Waals surface area contributed by atoms with E-state index in [1.807, 2.05) is 0 Å². The summed E-state index contributed by atoms with van der Waals surface area (Å²) in [5.41, 5.74) is 3.19. The number of hydrogen-bond donors (Lipinski definition) is 1. The maximum atomic E-state index is 3.65. The molecule has 0 saturated heterocycles. The molecule has 0 aliphatic heterocycles. The molecule has 0 aromatic heterocycles. The summed E-state index contributed by atoms with van der Waals surface area (Å²) in [6, 6.07) is 10.2. The Morgan fingerprint density at radius 2 is 1.89 bits per heavy atom. The van der Waals surface area contributed by atoms with Crippen LogP contribution in [0, 0.1) is 5.92 Å². The van der Waals surface area contributed by atoms with Crippen LogP contribution in [0.5, 0.6) is 0 Å². The van der Waals surface area contributed by atoms with Gasteiger partial charge in [-0.1, -0.05) is 44.5 Å². The Labute approximate surface area is 117 Å². The molecule has 0 radical (unpaired) electrons. The van der Waals surface area contributed by atoms with E-state index in [9.17, 15) is 0 Å². The average Bonchev–Trinajstić information content (AvgIpc) is 2.70. The molecule has 2 aliphatic carbocycles. The van der Waals surface area contributed by atoms with E-state index in [1.54, 1.807) is 11.1 Å². The van der Waals surface area contributed by atoms with Gasteiger partial charge in [0.15, 0.2) is 0 Å². The van der Waals surface area contributed by atoms with Gasteiger partial charge in [0.25, 0.3) is 0 Å². The van der Waals surface area contributed by atoms with Crippen LogP contribution in [0.25, 0.3) is 0 Å². The zero-order valence-corrected chi connectivity index (χ0v) is 12.4. The summed E-state index contributed by atoms with van der Waals surface area (Å²) in [7, 11) is 0. The Morgan fingerprint density at radius 1 is 1.11 bits per heavy atom. The van der Waals surface area contributed by atoms with Crippen LogP contribution in [0.4, 0.5) is 0 Å². The number of nitrogens with one attached hydrogen (secondary N) is 1. The van der Waals surface area contributed by atoms with Gasteiger partial charge in [-0.15, -0.1) is 0 Å². The molecule has 1 nitrogen and oxygen atoms in total. The van der Waals surface area contributed by atoms with Crippen LogP contribution in [0.3, 0.4) is 0 Å². The zero-order chi connectivity index (χ0) is 13.2. The largest absolute Gasteiger partial charge is 0.314 e. The first-order valence-electron chi connectivity index (χ1n) is 8.13. The molecule has 2 fully saturated rings. The third-order valence-electron chi connectivity index (χ3n) is 5.44. The predicted octanol–water partition coefficient (Wildman–Crippen LogP) is 4.45. The molecule has 1 heteroatoms. The Balaban J connectivity index is 1.75. The monoisotopic (exact) mass is 257 g/mol. The van der Waals surface area contributed by atoms with Crippen LogP contribution in [-0.2, 0) is 0 Å². The highest BCUT2D eigenvalue weighted by molar-refractivity contribution is 5.31. The summed E-state index contributed by atoms with van der Waals surface area (Å²) in [6.45, 7) is 5.75. The minimum atomic E-state index is 0.724. The molecule has 1 aromatic carbocycles. The second-order valence-electron chi connectivity index (χ2n) is 6.51. The summed E-state index contributed by atoms with van der Waals surface area (Å²) in [5.74, 6) is 2.40. The van der Waals surface area contributed by atoms with Gasteiger partial charge in [-0.3, -0.25) is 0 Å². The highest BCUT2D eigenvalue weighted by Crippen LogP contribution is 2.42. The Morgan fingerprint density at radius 3 is 2.58 bits per heavy atom. The predicted molar refractivity (Wildman–Crippen MR) is 81.6 cm³/mol. The molecule has 19 heavy (non-hydrogen) atoms. The summed E-state index contributed by atoms with van der Waals surface area (Å²) < 4.78 is 0. The average molecular weight is 257 g/mol. The van der Waals surface area contributed by atoms with Crippen LogP contribution in [0.2, 0.25) is 0 Å². The minimum Gasteiger partial charge on any atom is -0.314 e. The molecule has 1 N–H and O–H groups in total. The summed E-state index contributed by atoms with van der Waals surface area (Å²) in [5, 5.41) is 3.65. The zero-order valence-electron chi connectivity index (χ0n) is 12.4. The highest BCUT2D eigenvalue weighted by Gasteiger charge is 2.33. The van der Waals surface area contributed by atoms with Crippen LogP contribution >= 0.6 is 0 Å². The molecule has 3 atom stereocenters. The maximum absolute atomic E-state index is 3.65. The van der Waals surface area contributed by atoms with Crippen molar-refractivity contribution in [1.82, 2.24) is 5.32 Å². The van der Waals surface area contributed by atoms with E-state index < -0.39 is 0 Å². The Bertz CT molecular complexity index is 421. The van der Waals surface area contributed by atoms with Crippen molar-refractivity contribution in [3.05, 3.63) is 35.4 Å². The molecule has 0 spiro atoms. The summed E-state index contributed by atoms with van der Waals surface area (Å²) in [6.07, 6.45) is 6.94. The van der Waals surface area contributed by atoms with Crippen molar-refractivity contribution in [3.63, 3.8) is 0 Å². The van der Waals surface area contributed by atoms with E-state index in [4.69, 9.17) is 0 Å². The lowest BCUT2D eigenvalue weighted by Gasteiger charge is -2.27. The quantitative estimate of drug-likeness (QED) is 0.840. The van der Waals surface area contributed by atoms with Crippen molar-refractivity contribution in [2.24, 2.45) is 5.92 Å². The van der Waals surface area contributed by atoms with E-state index in [-0.39, 0.29) is 0 Å². The van der Waals surface area contributed by atoms with Crippen LogP contribution in [-0.4, -0.2) is 12.6 Å².